The second kappa shape index (κ2) is 6.51. The van der Waals surface area contributed by atoms with E-state index in [1.54, 1.807) is 0 Å². The summed E-state index contributed by atoms with van der Waals surface area (Å²) in [7, 11) is 0. The fourth-order valence-corrected chi connectivity index (χ4v) is 2.86. The molecule has 8 heteroatoms. The van der Waals surface area contributed by atoms with Gasteiger partial charge in [0.2, 0.25) is 5.95 Å². The summed E-state index contributed by atoms with van der Waals surface area (Å²) in [4.78, 5) is 18.3. The van der Waals surface area contributed by atoms with Crippen LogP contribution in [0, 0.1) is 24.0 Å². The van der Waals surface area contributed by atoms with Crippen molar-refractivity contribution in [2.75, 3.05) is 5.43 Å². The van der Waals surface area contributed by atoms with E-state index in [0.29, 0.717) is 10.8 Å². The monoisotopic (exact) mass is 305 g/mol. The molecule has 0 spiro atoms. The van der Waals surface area contributed by atoms with Crippen molar-refractivity contribution in [2.24, 2.45) is 5.84 Å². The first-order valence-electron chi connectivity index (χ1n) is 6.17. The van der Waals surface area contributed by atoms with Crippen LogP contribution in [0.1, 0.15) is 16.7 Å². The molecule has 0 atom stereocenters. The van der Waals surface area contributed by atoms with E-state index >= 15 is 0 Å². The van der Waals surface area contributed by atoms with Gasteiger partial charge in [0.15, 0.2) is 5.03 Å². The molecule has 3 N–H and O–H groups in total. The van der Waals surface area contributed by atoms with Gasteiger partial charge in [0, 0.05) is 5.75 Å². The van der Waals surface area contributed by atoms with Gasteiger partial charge in [-0.1, -0.05) is 41.1 Å². The molecule has 0 saturated carbocycles. The average molecular weight is 305 g/mol. The highest BCUT2D eigenvalue weighted by atomic mass is 32.2. The Hall–Kier alpha value is -2.19. The lowest BCUT2D eigenvalue weighted by Gasteiger charge is -2.06. The van der Waals surface area contributed by atoms with Crippen LogP contribution in [0.5, 0.6) is 0 Å². The van der Waals surface area contributed by atoms with E-state index in [0.717, 1.165) is 22.9 Å². The number of nitrogens with two attached hydrogens (primary N) is 1. The molecule has 1 aromatic heterocycles. The molecule has 7 nitrogen and oxygen atoms in total. The van der Waals surface area contributed by atoms with Crippen molar-refractivity contribution >= 4 is 23.4 Å². The standard InChI is InChI=1S/C13H15N5O2S/c1-8-3-9(2)5-10(4-8)7-21-12-11(18(19)20)6-15-13(16-12)17-14/h3-6H,7,14H2,1-2H3,(H,15,16,17). The smallest absolute Gasteiger partial charge is 0.292 e. The van der Waals surface area contributed by atoms with Gasteiger partial charge in [-0.2, -0.15) is 4.98 Å². The molecule has 0 radical (unpaired) electrons. The van der Waals surface area contributed by atoms with Crippen LogP contribution in [0.4, 0.5) is 11.6 Å². The summed E-state index contributed by atoms with van der Waals surface area (Å²) in [6.45, 7) is 4.04. The molecule has 2 rings (SSSR count). The Morgan fingerprint density at radius 1 is 1.33 bits per heavy atom. The van der Waals surface area contributed by atoms with Crippen LogP contribution in [-0.2, 0) is 5.75 Å². The molecule has 0 unspecified atom stereocenters. The highest BCUT2D eigenvalue weighted by Gasteiger charge is 2.17. The van der Waals surface area contributed by atoms with Crippen molar-refractivity contribution < 1.29 is 4.92 Å². The molecule has 0 saturated heterocycles. The fraction of sp³-hybridized carbons (Fsp3) is 0.231. The summed E-state index contributed by atoms with van der Waals surface area (Å²) in [5.41, 5.74) is 5.58. The van der Waals surface area contributed by atoms with Gasteiger partial charge in [0.25, 0.3) is 0 Å². The summed E-state index contributed by atoms with van der Waals surface area (Å²) in [6, 6.07) is 6.18. The number of nitrogens with zero attached hydrogens (tertiary/aromatic N) is 3. The molecule has 0 aliphatic rings. The molecule has 0 aliphatic carbocycles. The highest BCUT2D eigenvalue weighted by molar-refractivity contribution is 7.98. The quantitative estimate of drug-likeness (QED) is 0.287. The van der Waals surface area contributed by atoms with E-state index in [-0.39, 0.29) is 11.6 Å². The van der Waals surface area contributed by atoms with Gasteiger partial charge < -0.3 is 0 Å². The number of thioether (sulfide) groups is 1. The molecule has 21 heavy (non-hydrogen) atoms. The van der Waals surface area contributed by atoms with Crippen molar-refractivity contribution in [2.45, 2.75) is 24.6 Å². The first-order valence-corrected chi connectivity index (χ1v) is 7.16. The van der Waals surface area contributed by atoms with E-state index in [2.05, 4.69) is 33.6 Å². The summed E-state index contributed by atoms with van der Waals surface area (Å²) >= 11 is 1.29. The molecule has 1 heterocycles. The maximum atomic E-state index is 11.0. The summed E-state index contributed by atoms with van der Waals surface area (Å²) in [5.74, 6) is 5.98. The van der Waals surface area contributed by atoms with E-state index in [9.17, 15) is 10.1 Å². The van der Waals surface area contributed by atoms with E-state index in [4.69, 9.17) is 5.84 Å². The van der Waals surface area contributed by atoms with Gasteiger partial charge in [-0.25, -0.2) is 10.8 Å². The highest BCUT2D eigenvalue weighted by Crippen LogP contribution is 2.30. The number of hydrogen-bond donors (Lipinski definition) is 2. The Labute approximate surface area is 126 Å². The van der Waals surface area contributed by atoms with Crippen LogP contribution in [-0.4, -0.2) is 14.9 Å². The third kappa shape index (κ3) is 3.89. The third-order valence-electron chi connectivity index (χ3n) is 2.72. The van der Waals surface area contributed by atoms with Gasteiger partial charge in [0.05, 0.1) is 4.92 Å². The van der Waals surface area contributed by atoms with Crippen molar-refractivity contribution in [1.29, 1.82) is 0 Å². The molecule has 0 amide bonds. The van der Waals surface area contributed by atoms with Crippen molar-refractivity contribution in [3.05, 3.63) is 51.2 Å². The molecule has 0 aliphatic heterocycles. The Bertz CT molecular complexity index is 657. The number of hydrazine groups is 1. The topological polar surface area (TPSA) is 107 Å². The van der Waals surface area contributed by atoms with Crippen LogP contribution >= 0.6 is 11.8 Å². The number of benzene rings is 1. The number of nitro groups is 1. The molecule has 0 bridgehead atoms. The zero-order chi connectivity index (χ0) is 15.4. The van der Waals surface area contributed by atoms with Crippen molar-refractivity contribution in [3.8, 4) is 0 Å². The van der Waals surface area contributed by atoms with Crippen molar-refractivity contribution in [1.82, 2.24) is 9.97 Å². The van der Waals surface area contributed by atoms with Crippen LogP contribution in [0.25, 0.3) is 0 Å². The number of nitrogens with one attached hydrogen (secondary N) is 1. The van der Waals surface area contributed by atoms with Gasteiger partial charge >= 0.3 is 5.69 Å². The minimum absolute atomic E-state index is 0.122. The number of anilines is 1. The van der Waals surface area contributed by atoms with Gasteiger partial charge in [-0.05, 0) is 19.4 Å². The SMILES string of the molecule is Cc1cc(C)cc(CSc2nc(NN)ncc2[N+](=O)[O-])c1. The summed E-state index contributed by atoms with van der Waals surface area (Å²) in [5, 5.41) is 11.3. The predicted molar refractivity (Wildman–Crippen MR) is 82.0 cm³/mol. The predicted octanol–water partition coefficient (Wildman–Crippen LogP) is 2.58. The lowest BCUT2D eigenvalue weighted by atomic mass is 10.1. The molecular weight excluding hydrogens is 290 g/mol. The van der Waals surface area contributed by atoms with Gasteiger partial charge in [-0.3, -0.25) is 15.5 Å². The molecule has 1 aromatic carbocycles. The Kier molecular flexibility index (Phi) is 4.71. The lowest BCUT2D eigenvalue weighted by Crippen LogP contribution is -2.11. The molecular formula is C13H15N5O2S. The lowest BCUT2D eigenvalue weighted by molar-refractivity contribution is -0.388. The zero-order valence-electron chi connectivity index (χ0n) is 11.7. The second-order valence-corrected chi connectivity index (χ2v) is 5.53. The van der Waals surface area contributed by atoms with Gasteiger partial charge in [-0.15, -0.1) is 0 Å². The Balaban J connectivity index is 2.23. The number of rotatable bonds is 5. The number of nitrogen functional groups attached to an aromatic ring is 1. The minimum atomic E-state index is -0.496. The maximum absolute atomic E-state index is 11.0. The Morgan fingerprint density at radius 2 is 2.00 bits per heavy atom. The second-order valence-electron chi connectivity index (χ2n) is 4.57. The third-order valence-corrected chi connectivity index (χ3v) is 3.77. The van der Waals surface area contributed by atoms with E-state index in [1.807, 2.05) is 13.8 Å². The van der Waals surface area contributed by atoms with Gasteiger partial charge in [0.1, 0.15) is 6.20 Å². The average Bonchev–Trinajstić information content (AvgIpc) is 2.43. The number of aromatic nitrogens is 2. The van der Waals surface area contributed by atoms with Crippen LogP contribution in [0.2, 0.25) is 0 Å². The maximum Gasteiger partial charge on any atom is 0.319 e. The molecule has 0 fully saturated rings. The van der Waals surface area contributed by atoms with E-state index in [1.165, 1.54) is 11.8 Å². The Morgan fingerprint density at radius 3 is 2.57 bits per heavy atom. The van der Waals surface area contributed by atoms with Crippen molar-refractivity contribution in [3.63, 3.8) is 0 Å². The van der Waals surface area contributed by atoms with Crippen LogP contribution in [0.15, 0.2) is 29.4 Å². The fourth-order valence-electron chi connectivity index (χ4n) is 1.96. The van der Waals surface area contributed by atoms with Crippen LogP contribution < -0.4 is 11.3 Å². The van der Waals surface area contributed by atoms with E-state index < -0.39 is 4.92 Å². The zero-order valence-corrected chi connectivity index (χ0v) is 12.5. The summed E-state index contributed by atoms with van der Waals surface area (Å²) < 4.78 is 0. The first-order chi connectivity index (χ1) is 9.99. The molecule has 2 aromatic rings. The largest absolute Gasteiger partial charge is 0.319 e. The number of aryl methyl sites for hydroxylation is 2. The first kappa shape index (κ1) is 15.2. The van der Waals surface area contributed by atoms with Crippen LogP contribution in [0.3, 0.4) is 0 Å². The summed E-state index contributed by atoms with van der Waals surface area (Å²) in [6.07, 6.45) is 1.16. The normalized spacial score (nSPS) is 10.4. The molecule has 110 valence electrons. The minimum Gasteiger partial charge on any atom is -0.292 e. The number of hydrogen-bond acceptors (Lipinski definition) is 7.